The van der Waals surface area contributed by atoms with Gasteiger partial charge in [-0.3, -0.25) is 30.3 Å². The van der Waals surface area contributed by atoms with Crippen LogP contribution in [0.1, 0.15) is 18.1 Å². The van der Waals surface area contributed by atoms with Crippen LogP contribution in [0.2, 0.25) is 0 Å². The van der Waals surface area contributed by atoms with Crippen LogP contribution in [-0.4, -0.2) is 21.3 Å². The van der Waals surface area contributed by atoms with E-state index in [2.05, 4.69) is 31.9 Å². The largest absolute Gasteiger partial charge is 0.418 e. The highest BCUT2D eigenvalue weighted by molar-refractivity contribution is 9.11. The van der Waals surface area contributed by atoms with Gasteiger partial charge in [0.1, 0.15) is 5.69 Å². The molecule has 0 saturated heterocycles. The first-order chi connectivity index (χ1) is 14.2. The molecule has 15 heteroatoms. The van der Waals surface area contributed by atoms with Gasteiger partial charge in [-0.2, -0.15) is 13.2 Å². The normalized spacial score (nSPS) is 11.3. The van der Waals surface area contributed by atoms with Crippen LogP contribution in [0.4, 0.5) is 41.6 Å². The second-order valence-electron chi connectivity index (χ2n) is 6.04. The van der Waals surface area contributed by atoms with E-state index in [1.54, 1.807) is 0 Å². The van der Waals surface area contributed by atoms with E-state index in [9.17, 15) is 43.5 Å². The average molecular weight is 572 g/mol. The van der Waals surface area contributed by atoms with Crippen molar-refractivity contribution in [3.8, 4) is 0 Å². The van der Waals surface area contributed by atoms with Crippen LogP contribution in [0.5, 0.6) is 0 Å². The Bertz CT molecular complexity index is 1110. The molecule has 166 valence electrons. The summed E-state index contributed by atoms with van der Waals surface area (Å²) in [5.74, 6) is 0. The van der Waals surface area contributed by atoms with Gasteiger partial charge < -0.3 is 4.90 Å². The third-order valence-corrected chi connectivity index (χ3v) is 5.83. The number of anilines is 2. The van der Waals surface area contributed by atoms with Crippen molar-refractivity contribution in [3.63, 3.8) is 0 Å². The van der Waals surface area contributed by atoms with Crippen molar-refractivity contribution in [2.75, 3.05) is 11.4 Å². The summed E-state index contributed by atoms with van der Waals surface area (Å²) < 4.78 is 41.4. The minimum absolute atomic E-state index is 0.0145. The number of nitrogens with zero attached hydrogens (tertiary/aromatic N) is 4. The molecule has 0 aliphatic heterocycles. The minimum Gasteiger partial charge on any atom is -0.334 e. The van der Waals surface area contributed by atoms with E-state index in [-0.39, 0.29) is 38.5 Å². The molecule has 0 heterocycles. The van der Waals surface area contributed by atoms with Crippen LogP contribution in [0.25, 0.3) is 0 Å². The van der Waals surface area contributed by atoms with E-state index in [1.165, 1.54) is 13.8 Å². The predicted molar refractivity (Wildman–Crippen MR) is 111 cm³/mol. The van der Waals surface area contributed by atoms with Crippen LogP contribution < -0.4 is 4.90 Å². The maximum Gasteiger partial charge on any atom is 0.418 e. The number of hydrogen-bond donors (Lipinski definition) is 0. The molecule has 0 fully saturated rings. The highest BCUT2D eigenvalue weighted by Crippen LogP contribution is 2.50. The molecule has 2 aromatic rings. The fourth-order valence-corrected chi connectivity index (χ4v) is 4.43. The molecule has 0 aliphatic rings. The summed E-state index contributed by atoms with van der Waals surface area (Å²) in [5, 5.41) is 33.9. The molecule has 0 aromatic heterocycles. The smallest absolute Gasteiger partial charge is 0.334 e. The van der Waals surface area contributed by atoms with Gasteiger partial charge in [0.2, 0.25) is 0 Å². The minimum atomic E-state index is -5.17. The Balaban J connectivity index is 3.00. The first kappa shape index (κ1) is 24.5. The van der Waals surface area contributed by atoms with Gasteiger partial charge >= 0.3 is 6.18 Å². The number of rotatable bonds is 6. The van der Waals surface area contributed by atoms with Gasteiger partial charge in [0.25, 0.3) is 17.1 Å². The Morgan fingerprint density at radius 2 is 1.48 bits per heavy atom. The number of alkyl halides is 3. The lowest BCUT2D eigenvalue weighted by Gasteiger charge is -2.28. The molecule has 0 radical (unpaired) electrons. The summed E-state index contributed by atoms with van der Waals surface area (Å²) in [6.45, 7) is 2.51. The zero-order valence-electron chi connectivity index (χ0n) is 15.6. The molecule has 0 N–H and O–H groups in total. The van der Waals surface area contributed by atoms with Crippen molar-refractivity contribution < 1.29 is 27.9 Å². The fraction of sp³-hybridized carbons (Fsp3) is 0.250. The highest BCUT2D eigenvalue weighted by atomic mass is 79.9. The van der Waals surface area contributed by atoms with E-state index in [0.29, 0.717) is 6.07 Å². The molecule has 10 nitrogen and oxygen atoms in total. The van der Waals surface area contributed by atoms with Gasteiger partial charge in [-0.25, -0.2) is 0 Å². The van der Waals surface area contributed by atoms with Crippen molar-refractivity contribution in [1.82, 2.24) is 0 Å². The lowest BCUT2D eigenvalue weighted by atomic mass is 10.1. The van der Waals surface area contributed by atoms with E-state index >= 15 is 0 Å². The zero-order chi connectivity index (χ0) is 23.8. The van der Waals surface area contributed by atoms with Gasteiger partial charge in [0, 0.05) is 28.7 Å². The fourth-order valence-electron chi connectivity index (χ4n) is 2.91. The monoisotopic (exact) mass is 570 g/mol. The van der Waals surface area contributed by atoms with Gasteiger partial charge in [0.05, 0.1) is 36.6 Å². The maximum atomic E-state index is 13.8. The topological polar surface area (TPSA) is 133 Å². The lowest BCUT2D eigenvalue weighted by molar-refractivity contribution is -0.394. The summed E-state index contributed by atoms with van der Waals surface area (Å²) in [4.78, 5) is 31.8. The van der Waals surface area contributed by atoms with Gasteiger partial charge in [-0.05, 0) is 45.7 Å². The van der Waals surface area contributed by atoms with Gasteiger partial charge in [0.15, 0.2) is 0 Å². The van der Waals surface area contributed by atoms with E-state index in [1.807, 2.05) is 0 Å². The lowest BCUT2D eigenvalue weighted by Crippen LogP contribution is -2.23. The van der Waals surface area contributed by atoms with E-state index in [4.69, 9.17) is 0 Å². The van der Waals surface area contributed by atoms with Gasteiger partial charge in [-0.15, -0.1) is 0 Å². The molecule has 0 saturated carbocycles. The number of hydrogen-bond acceptors (Lipinski definition) is 7. The van der Waals surface area contributed by atoms with Crippen molar-refractivity contribution >= 4 is 60.3 Å². The molecule has 0 unspecified atom stereocenters. The van der Waals surface area contributed by atoms with Crippen LogP contribution >= 0.6 is 31.9 Å². The van der Waals surface area contributed by atoms with Crippen LogP contribution in [-0.2, 0) is 6.18 Å². The van der Waals surface area contributed by atoms with Crippen molar-refractivity contribution in [2.45, 2.75) is 20.0 Å². The summed E-state index contributed by atoms with van der Waals surface area (Å²) in [6, 6.07) is 1.71. The van der Waals surface area contributed by atoms with Crippen LogP contribution in [0.3, 0.4) is 0 Å². The molecular formula is C16H11Br2F3N4O6. The average Bonchev–Trinajstić information content (AvgIpc) is 2.65. The molecular weight excluding hydrogens is 561 g/mol. The Kier molecular flexibility index (Phi) is 6.90. The van der Waals surface area contributed by atoms with Crippen molar-refractivity contribution in [2.24, 2.45) is 0 Å². The van der Waals surface area contributed by atoms with Crippen molar-refractivity contribution in [3.05, 3.63) is 68.6 Å². The molecule has 0 aliphatic carbocycles. The highest BCUT2D eigenvalue weighted by Gasteiger charge is 2.42. The predicted octanol–water partition coefficient (Wildman–Crippen LogP) is 6.42. The molecule has 2 aromatic carbocycles. The summed E-state index contributed by atoms with van der Waals surface area (Å²) >= 11 is 6.21. The van der Waals surface area contributed by atoms with E-state index < -0.39 is 43.6 Å². The van der Waals surface area contributed by atoms with Crippen molar-refractivity contribution in [1.29, 1.82) is 0 Å². The Morgan fingerprint density at radius 1 is 0.935 bits per heavy atom. The molecule has 0 amide bonds. The molecule has 0 atom stereocenters. The summed E-state index contributed by atoms with van der Waals surface area (Å²) in [5.41, 5.74) is -5.08. The SMILES string of the molecule is CCN(c1c([N+](=O)[O-])cc([N+](=O)[O-])cc1C(F)(F)F)c1c(Br)cc([N+](=O)[O-])c(C)c1Br. The Hall–Kier alpha value is -2.81. The Labute approximate surface area is 188 Å². The van der Waals surface area contributed by atoms with Crippen LogP contribution in [0, 0.1) is 37.3 Å². The molecule has 31 heavy (non-hydrogen) atoms. The second kappa shape index (κ2) is 8.74. The third-order valence-electron chi connectivity index (χ3n) is 4.25. The second-order valence-corrected chi connectivity index (χ2v) is 7.69. The summed E-state index contributed by atoms with van der Waals surface area (Å²) in [6.07, 6.45) is -5.17. The standard InChI is InChI=1S/C16H11Br2F3N4O6/c1-3-22(15-10(17)6-11(24(28)29)7(2)13(15)18)14-9(16(19,20)21)4-8(23(26)27)5-12(14)25(30)31/h4-6H,3H2,1-2H3. The number of nitro groups is 3. The zero-order valence-corrected chi connectivity index (χ0v) is 18.7. The molecule has 0 spiro atoms. The first-order valence-corrected chi connectivity index (χ1v) is 9.75. The molecule has 2 rings (SSSR count). The van der Waals surface area contributed by atoms with Gasteiger partial charge in [-0.1, -0.05) is 0 Å². The summed E-state index contributed by atoms with van der Waals surface area (Å²) in [7, 11) is 0. The number of non-ortho nitro benzene ring substituents is 1. The number of nitro benzene ring substituents is 3. The van der Waals surface area contributed by atoms with E-state index in [0.717, 1.165) is 11.0 Å². The maximum absolute atomic E-state index is 13.8. The third kappa shape index (κ3) is 4.61. The quantitative estimate of drug-likeness (QED) is 0.288. The Morgan fingerprint density at radius 3 is 1.90 bits per heavy atom. The van der Waals surface area contributed by atoms with Crippen LogP contribution in [0.15, 0.2) is 27.1 Å². The first-order valence-electron chi connectivity index (χ1n) is 8.16. The number of benzene rings is 2. The number of halogens is 5. The molecule has 0 bridgehead atoms.